The normalized spacial score (nSPS) is 12.2. The van der Waals surface area contributed by atoms with E-state index < -0.39 is 0 Å². The van der Waals surface area contributed by atoms with Gasteiger partial charge in [-0.25, -0.2) is 0 Å². The summed E-state index contributed by atoms with van der Waals surface area (Å²) in [7, 11) is 4.02. The van der Waals surface area contributed by atoms with Gasteiger partial charge in [-0.05, 0) is 37.7 Å². The van der Waals surface area contributed by atoms with E-state index in [0.29, 0.717) is 0 Å². The zero-order valence-electron chi connectivity index (χ0n) is 12.1. The number of hydrogen-bond donors (Lipinski definition) is 1. The van der Waals surface area contributed by atoms with E-state index in [1.807, 2.05) is 19.3 Å². The smallest absolute Gasteiger partial charge is 0.0571 e. The summed E-state index contributed by atoms with van der Waals surface area (Å²) in [6.07, 6.45) is 1.93. The van der Waals surface area contributed by atoms with Gasteiger partial charge in [0, 0.05) is 24.1 Å². The average Bonchev–Trinajstić information content (AvgIpc) is 2.49. The van der Waals surface area contributed by atoms with Gasteiger partial charge in [-0.15, -0.1) is 0 Å². The number of rotatable bonds is 5. The predicted molar refractivity (Wildman–Crippen MR) is 88.0 cm³/mol. The van der Waals surface area contributed by atoms with Gasteiger partial charge in [0.1, 0.15) is 0 Å². The molecular weight excluding hydrogens is 314 g/mol. The van der Waals surface area contributed by atoms with Crippen molar-refractivity contribution in [3.05, 3.63) is 58.3 Å². The maximum Gasteiger partial charge on any atom is 0.0571 e. The number of nitrogens with zero attached hydrogens (tertiary/aromatic N) is 2. The van der Waals surface area contributed by atoms with Gasteiger partial charge in [0.05, 0.1) is 17.6 Å². The Balaban J connectivity index is 2.10. The summed E-state index contributed by atoms with van der Waals surface area (Å²) in [5, 5.41) is 3.19. The Morgan fingerprint density at radius 3 is 2.60 bits per heavy atom. The summed E-state index contributed by atoms with van der Waals surface area (Å²) in [6.45, 7) is 2.96. The number of benzene rings is 1. The minimum Gasteiger partial charge on any atom is -0.369 e. The molecule has 0 radical (unpaired) electrons. The third-order valence-corrected chi connectivity index (χ3v) is 4.23. The van der Waals surface area contributed by atoms with E-state index in [1.54, 1.807) is 0 Å². The highest BCUT2D eigenvalue weighted by Gasteiger charge is 2.07. The van der Waals surface area contributed by atoms with Crippen LogP contribution in [0.2, 0.25) is 0 Å². The SMILES string of the molecule is CNC(C)c1ccc(N(C)Cc2ccccc2Br)cn1. The van der Waals surface area contributed by atoms with Crippen LogP contribution in [0.15, 0.2) is 47.1 Å². The molecule has 1 unspecified atom stereocenters. The van der Waals surface area contributed by atoms with Crippen molar-refractivity contribution in [3.63, 3.8) is 0 Å². The standard InChI is InChI=1S/C16H20BrN3/c1-12(18-2)16-9-8-14(10-19-16)20(3)11-13-6-4-5-7-15(13)17/h4-10,12,18H,11H2,1-3H3. The fourth-order valence-corrected chi connectivity index (χ4v) is 2.41. The number of halogens is 1. The molecule has 20 heavy (non-hydrogen) atoms. The van der Waals surface area contributed by atoms with Crippen molar-refractivity contribution in [1.29, 1.82) is 0 Å². The number of nitrogens with one attached hydrogen (secondary N) is 1. The second-order valence-electron chi connectivity index (χ2n) is 4.90. The lowest BCUT2D eigenvalue weighted by Crippen LogP contribution is -2.18. The highest BCUT2D eigenvalue weighted by molar-refractivity contribution is 9.10. The summed E-state index contributed by atoms with van der Waals surface area (Å²) in [5.41, 5.74) is 3.45. The molecule has 0 bridgehead atoms. The van der Waals surface area contributed by atoms with Crippen molar-refractivity contribution in [2.75, 3.05) is 19.0 Å². The summed E-state index contributed by atoms with van der Waals surface area (Å²) in [4.78, 5) is 6.71. The van der Waals surface area contributed by atoms with Crippen LogP contribution in [0.3, 0.4) is 0 Å². The van der Waals surface area contributed by atoms with Crippen molar-refractivity contribution in [1.82, 2.24) is 10.3 Å². The van der Waals surface area contributed by atoms with Crippen molar-refractivity contribution >= 4 is 21.6 Å². The fraction of sp³-hybridized carbons (Fsp3) is 0.312. The molecule has 0 fully saturated rings. The molecule has 0 spiro atoms. The first-order valence-electron chi connectivity index (χ1n) is 6.69. The molecule has 1 aromatic heterocycles. The van der Waals surface area contributed by atoms with Crippen LogP contribution in [0.1, 0.15) is 24.2 Å². The zero-order chi connectivity index (χ0) is 14.5. The number of aromatic nitrogens is 1. The van der Waals surface area contributed by atoms with Gasteiger partial charge in [0.2, 0.25) is 0 Å². The van der Waals surface area contributed by atoms with Gasteiger partial charge in [0.25, 0.3) is 0 Å². The first kappa shape index (κ1) is 15.0. The molecule has 106 valence electrons. The van der Waals surface area contributed by atoms with E-state index in [-0.39, 0.29) is 6.04 Å². The van der Waals surface area contributed by atoms with Gasteiger partial charge in [-0.3, -0.25) is 4.98 Å². The summed E-state index contributed by atoms with van der Waals surface area (Å²) < 4.78 is 1.14. The van der Waals surface area contributed by atoms with Crippen molar-refractivity contribution in [2.45, 2.75) is 19.5 Å². The van der Waals surface area contributed by atoms with Crippen LogP contribution >= 0.6 is 15.9 Å². The fourth-order valence-electron chi connectivity index (χ4n) is 2.00. The number of hydrogen-bond acceptors (Lipinski definition) is 3. The van der Waals surface area contributed by atoms with Gasteiger partial charge >= 0.3 is 0 Å². The van der Waals surface area contributed by atoms with Crippen LogP contribution in [-0.2, 0) is 6.54 Å². The molecule has 2 aromatic rings. The highest BCUT2D eigenvalue weighted by atomic mass is 79.9. The average molecular weight is 334 g/mol. The summed E-state index contributed by atoms with van der Waals surface area (Å²) >= 11 is 3.59. The van der Waals surface area contributed by atoms with Crippen LogP contribution in [0, 0.1) is 0 Å². The van der Waals surface area contributed by atoms with E-state index in [1.165, 1.54) is 5.56 Å². The van der Waals surface area contributed by atoms with Crippen LogP contribution < -0.4 is 10.2 Å². The predicted octanol–water partition coefficient (Wildman–Crippen LogP) is 3.76. The molecule has 0 aliphatic carbocycles. The van der Waals surface area contributed by atoms with E-state index in [2.05, 4.69) is 75.4 Å². The molecule has 2 rings (SSSR count). The van der Waals surface area contributed by atoms with E-state index in [0.717, 1.165) is 22.4 Å². The van der Waals surface area contributed by atoms with E-state index >= 15 is 0 Å². The lowest BCUT2D eigenvalue weighted by Gasteiger charge is -2.20. The molecule has 4 heteroatoms. The first-order valence-corrected chi connectivity index (χ1v) is 7.49. The number of pyridine rings is 1. The minimum atomic E-state index is 0.276. The Morgan fingerprint density at radius 1 is 1.25 bits per heavy atom. The van der Waals surface area contributed by atoms with Gasteiger partial charge in [-0.1, -0.05) is 34.1 Å². The van der Waals surface area contributed by atoms with Crippen LogP contribution in [-0.4, -0.2) is 19.1 Å². The van der Waals surface area contributed by atoms with Gasteiger partial charge in [0.15, 0.2) is 0 Å². The van der Waals surface area contributed by atoms with E-state index in [9.17, 15) is 0 Å². The molecule has 3 nitrogen and oxygen atoms in total. The lowest BCUT2D eigenvalue weighted by molar-refractivity contribution is 0.632. The van der Waals surface area contributed by atoms with Gasteiger partial charge in [-0.2, -0.15) is 0 Å². The molecule has 1 aromatic carbocycles. The topological polar surface area (TPSA) is 28.2 Å². The lowest BCUT2D eigenvalue weighted by atomic mass is 10.2. The largest absolute Gasteiger partial charge is 0.369 e. The third-order valence-electron chi connectivity index (χ3n) is 3.45. The molecule has 0 saturated heterocycles. The second kappa shape index (κ2) is 6.86. The molecule has 0 aliphatic heterocycles. The van der Waals surface area contributed by atoms with Crippen molar-refractivity contribution in [3.8, 4) is 0 Å². The highest BCUT2D eigenvalue weighted by Crippen LogP contribution is 2.21. The quantitative estimate of drug-likeness (QED) is 0.902. The molecule has 1 N–H and O–H groups in total. The number of anilines is 1. The Kier molecular flexibility index (Phi) is 5.15. The van der Waals surface area contributed by atoms with Crippen molar-refractivity contribution in [2.24, 2.45) is 0 Å². The minimum absolute atomic E-state index is 0.276. The van der Waals surface area contributed by atoms with E-state index in [4.69, 9.17) is 0 Å². The van der Waals surface area contributed by atoms with Crippen LogP contribution in [0.5, 0.6) is 0 Å². The molecular formula is C16H20BrN3. The maximum absolute atomic E-state index is 4.52. The Bertz CT molecular complexity index is 554. The monoisotopic (exact) mass is 333 g/mol. The molecule has 0 aliphatic rings. The zero-order valence-corrected chi connectivity index (χ0v) is 13.7. The Morgan fingerprint density at radius 2 is 2.00 bits per heavy atom. The molecule has 0 amide bonds. The Labute approximate surface area is 129 Å². The summed E-state index contributed by atoms with van der Waals surface area (Å²) in [5.74, 6) is 0. The molecule has 0 saturated carbocycles. The second-order valence-corrected chi connectivity index (χ2v) is 5.75. The third kappa shape index (κ3) is 3.58. The van der Waals surface area contributed by atoms with Crippen LogP contribution in [0.4, 0.5) is 5.69 Å². The summed E-state index contributed by atoms with van der Waals surface area (Å²) in [6, 6.07) is 12.8. The van der Waals surface area contributed by atoms with Gasteiger partial charge < -0.3 is 10.2 Å². The molecule has 1 heterocycles. The Hall–Kier alpha value is -1.39. The molecule has 1 atom stereocenters. The van der Waals surface area contributed by atoms with Crippen molar-refractivity contribution < 1.29 is 0 Å². The first-order chi connectivity index (χ1) is 9.61. The van der Waals surface area contributed by atoms with Crippen LogP contribution in [0.25, 0.3) is 0 Å². The maximum atomic E-state index is 4.52.